The number of ether oxygens (including phenoxy) is 1. The molecule has 4 heteroatoms. The molecule has 0 aromatic heterocycles. The Morgan fingerprint density at radius 1 is 1.32 bits per heavy atom. The van der Waals surface area contributed by atoms with Gasteiger partial charge in [-0.25, -0.2) is 0 Å². The molecule has 1 aromatic rings. The molecule has 0 bridgehead atoms. The molecule has 0 radical (unpaired) electrons. The number of aliphatic hydroxyl groups excluding tert-OH is 1. The van der Waals surface area contributed by atoms with E-state index in [0.29, 0.717) is 12.8 Å². The Kier molecular flexibility index (Phi) is 6.87. The van der Waals surface area contributed by atoms with E-state index in [1.807, 2.05) is 37.3 Å². The lowest BCUT2D eigenvalue weighted by molar-refractivity contribution is -0.137. The monoisotopic (exact) mass is 305 g/mol. The molecule has 2 atom stereocenters. The van der Waals surface area contributed by atoms with Crippen LogP contribution in [0.4, 0.5) is 0 Å². The molecule has 2 unspecified atom stereocenters. The lowest BCUT2D eigenvalue weighted by Crippen LogP contribution is -2.41. The topological polar surface area (TPSA) is 58.6 Å². The van der Waals surface area contributed by atoms with Gasteiger partial charge in [0.15, 0.2) is 0 Å². The summed E-state index contributed by atoms with van der Waals surface area (Å²) in [6.07, 6.45) is 4.96. The van der Waals surface area contributed by atoms with Crippen LogP contribution in [-0.4, -0.2) is 35.9 Å². The summed E-state index contributed by atoms with van der Waals surface area (Å²) in [5, 5.41) is 12.8. The Balaban J connectivity index is 1.72. The van der Waals surface area contributed by atoms with Crippen molar-refractivity contribution in [2.24, 2.45) is 0 Å². The number of amides is 1. The smallest absolute Gasteiger partial charge is 0.249 e. The first kappa shape index (κ1) is 17.0. The van der Waals surface area contributed by atoms with E-state index < -0.39 is 12.2 Å². The van der Waals surface area contributed by atoms with Gasteiger partial charge in [-0.05, 0) is 24.8 Å². The summed E-state index contributed by atoms with van der Waals surface area (Å²) in [6, 6.07) is 9.79. The lowest BCUT2D eigenvalue weighted by Gasteiger charge is -2.21. The van der Waals surface area contributed by atoms with Crippen molar-refractivity contribution < 1.29 is 14.6 Å². The average molecular weight is 305 g/mol. The molecule has 1 aromatic carbocycles. The van der Waals surface area contributed by atoms with Crippen molar-refractivity contribution in [1.29, 1.82) is 0 Å². The molecular formula is C18H27NO3. The van der Waals surface area contributed by atoms with Crippen molar-refractivity contribution >= 4 is 5.91 Å². The fourth-order valence-corrected chi connectivity index (χ4v) is 2.89. The Labute approximate surface area is 132 Å². The second-order valence-corrected chi connectivity index (χ2v) is 6.03. The number of carbonyl (C=O) groups is 1. The van der Waals surface area contributed by atoms with Crippen molar-refractivity contribution in [3.05, 3.63) is 35.9 Å². The van der Waals surface area contributed by atoms with Gasteiger partial charge in [-0.3, -0.25) is 4.79 Å². The minimum atomic E-state index is -0.574. The highest BCUT2D eigenvalue weighted by Gasteiger charge is 2.24. The van der Waals surface area contributed by atoms with Crippen LogP contribution in [-0.2, 0) is 16.0 Å². The molecule has 22 heavy (non-hydrogen) atoms. The van der Waals surface area contributed by atoms with E-state index in [0.717, 1.165) is 18.4 Å². The van der Waals surface area contributed by atoms with Gasteiger partial charge in [-0.2, -0.15) is 0 Å². The normalized spacial score (nSPS) is 18.1. The van der Waals surface area contributed by atoms with E-state index in [9.17, 15) is 9.90 Å². The SMILES string of the molecule is CCC(OC1CCCC1)C(=O)NCC(O)Cc1ccccc1. The number of hydrogen-bond donors (Lipinski definition) is 2. The first-order chi connectivity index (χ1) is 10.7. The molecule has 0 saturated heterocycles. The van der Waals surface area contributed by atoms with Crippen molar-refractivity contribution in [3.63, 3.8) is 0 Å². The minimum Gasteiger partial charge on any atom is -0.391 e. The zero-order valence-electron chi connectivity index (χ0n) is 13.3. The average Bonchev–Trinajstić information content (AvgIpc) is 3.04. The molecule has 1 aliphatic rings. The van der Waals surface area contributed by atoms with E-state index in [4.69, 9.17) is 4.74 Å². The van der Waals surface area contributed by atoms with Gasteiger partial charge in [0.05, 0.1) is 12.2 Å². The maximum Gasteiger partial charge on any atom is 0.249 e. The maximum atomic E-state index is 12.2. The molecule has 122 valence electrons. The number of hydrogen-bond acceptors (Lipinski definition) is 3. The second kappa shape index (κ2) is 8.91. The van der Waals surface area contributed by atoms with Crippen LogP contribution in [0, 0.1) is 0 Å². The molecular weight excluding hydrogens is 278 g/mol. The number of nitrogens with one attached hydrogen (secondary N) is 1. The summed E-state index contributed by atoms with van der Waals surface area (Å²) in [7, 11) is 0. The third-order valence-corrected chi connectivity index (χ3v) is 4.15. The highest BCUT2D eigenvalue weighted by Crippen LogP contribution is 2.22. The molecule has 0 spiro atoms. The van der Waals surface area contributed by atoms with Gasteiger partial charge in [0.25, 0.3) is 0 Å². The Hall–Kier alpha value is -1.39. The number of benzene rings is 1. The molecule has 4 nitrogen and oxygen atoms in total. The van der Waals surface area contributed by atoms with Crippen molar-refractivity contribution in [1.82, 2.24) is 5.32 Å². The fourth-order valence-electron chi connectivity index (χ4n) is 2.89. The molecule has 1 amide bonds. The molecule has 1 fully saturated rings. The van der Waals surface area contributed by atoms with Gasteiger partial charge in [0.1, 0.15) is 6.10 Å². The van der Waals surface area contributed by atoms with Crippen molar-refractivity contribution in [2.75, 3.05) is 6.54 Å². The van der Waals surface area contributed by atoms with Gasteiger partial charge >= 0.3 is 0 Å². The van der Waals surface area contributed by atoms with Crippen LogP contribution in [0.25, 0.3) is 0 Å². The second-order valence-electron chi connectivity index (χ2n) is 6.03. The zero-order valence-corrected chi connectivity index (χ0v) is 13.3. The van der Waals surface area contributed by atoms with Gasteiger partial charge in [0.2, 0.25) is 5.91 Å². The predicted octanol–water partition coefficient (Wildman–Crippen LogP) is 2.44. The standard InChI is InChI=1S/C18H27NO3/c1-2-17(22-16-10-6-7-11-16)18(21)19-13-15(20)12-14-8-4-3-5-9-14/h3-5,8-9,15-17,20H,2,6-7,10-13H2,1H3,(H,19,21). The largest absolute Gasteiger partial charge is 0.391 e. The molecule has 1 saturated carbocycles. The lowest BCUT2D eigenvalue weighted by atomic mass is 10.1. The predicted molar refractivity (Wildman–Crippen MR) is 86.6 cm³/mol. The highest BCUT2D eigenvalue weighted by atomic mass is 16.5. The summed E-state index contributed by atoms with van der Waals surface area (Å²) in [6.45, 7) is 2.22. The summed E-state index contributed by atoms with van der Waals surface area (Å²) < 4.78 is 5.88. The number of rotatable bonds is 8. The van der Waals surface area contributed by atoms with Gasteiger partial charge < -0.3 is 15.2 Å². The van der Waals surface area contributed by atoms with Crippen molar-refractivity contribution in [2.45, 2.75) is 63.8 Å². The third-order valence-electron chi connectivity index (χ3n) is 4.15. The van der Waals surface area contributed by atoms with Gasteiger partial charge in [0, 0.05) is 13.0 Å². The summed E-state index contributed by atoms with van der Waals surface area (Å²) in [5.74, 6) is -0.110. The molecule has 2 rings (SSSR count). The summed E-state index contributed by atoms with van der Waals surface area (Å²) >= 11 is 0. The zero-order chi connectivity index (χ0) is 15.8. The van der Waals surface area contributed by atoms with Crippen LogP contribution in [0.15, 0.2) is 30.3 Å². The van der Waals surface area contributed by atoms with Crippen LogP contribution in [0.5, 0.6) is 0 Å². The van der Waals surface area contributed by atoms with Crippen LogP contribution < -0.4 is 5.32 Å². The third kappa shape index (κ3) is 5.43. The molecule has 1 aliphatic carbocycles. The molecule has 0 heterocycles. The van der Waals surface area contributed by atoms with E-state index in [1.54, 1.807) is 0 Å². The first-order valence-electron chi connectivity index (χ1n) is 8.34. The van der Waals surface area contributed by atoms with Crippen LogP contribution in [0.3, 0.4) is 0 Å². The molecule has 2 N–H and O–H groups in total. The van der Waals surface area contributed by atoms with E-state index >= 15 is 0 Å². The van der Waals surface area contributed by atoms with Crippen molar-refractivity contribution in [3.8, 4) is 0 Å². The van der Waals surface area contributed by atoms with Crippen LogP contribution in [0.2, 0.25) is 0 Å². The summed E-state index contributed by atoms with van der Waals surface area (Å²) in [5.41, 5.74) is 1.07. The summed E-state index contributed by atoms with van der Waals surface area (Å²) in [4.78, 5) is 12.2. The number of aliphatic hydroxyl groups is 1. The highest BCUT2D eigenvalue weighted by molar-refractivity contribution is 5.80. The fraction of sp³-hybridized carbons (Fsp3) is 0.611. The maximum absolute atomic E-state index is 12.2. The Morgan fingerprint density at radius 2 is 2.00 bits per heavy atom. The van der Waals surface area contributed by atoms with E-state index in [1.165, 1.54) is 12.8 Å². The quantitative estimate of drug-likeness (QED) is 0.775. The Bertz CT molecular complexity index is 443. The van der Waals surface area contributed by atoms with Crippen LogP contribution in [0.1, 0.15) is 44.6 Å². The van der Waals surface area contributed by atoms with Gasteiger partial charge in [-0.1, -0.05) is 50.1 Å². The van der Waals surface area contributed by atoms with E-state index in [2.05, 4.69) is 5.32 Å². The van der Waals surface area contributed by atoms with Crippen LogP contribution >= 0.6 is 0 Å². The molecule has 0 aliphatic heterocycles. The number of carbonyl (C=O) groups excluding carboxylic acids is 1. The Morgan fingerprint density at radius 3 is 2.64 bits per heavy atom. The first-order valence-corrected chi connectivity index (χ1v) is 8.34. The minimum absolute atomic E-state index is 0.110. The van der Waals surface area contributed by atoms with Gasteiger partial charge in [-0.15, -0.1) is 0 Å². The van der Waals surface area contributed by atoms with E-state index in [-0.39, 0.29) is 18.6 Å².